The third kappa shape index (κ3) is 3.35. The summed E-state index contributed by atoms with van der Waals surface area (Å²) in [6.45, 7) is 4.18. The highest BCUT2D eigenvalue weighted by Gasteiger charge is 2.22. The molecule has 0 aliphatic rings. The van der Waals surface area contributed by atoms with Crippen molar-refractivity contribution in [3.63, 3.8) is 0 Å². The Hall–Kier alpha value is 0.150. The van der Waals surface area contributed by atoms with Gasteiger partial charge in [-0.05, 0) is 12.8 Å². The number of alkyl halides is 1. The molecule has 1 nitrogen and oxygen atoms in total. The number of aldehydes is 1. The Morgan fingerprint density at radius 2 is 1.70 bits per heavy atom. The minimum Gasteiger partial charge on any atom is -0.302 e. The molecule has 0 aliphatic carbocycles. The highest BCUT2D eigenvalue weighted by Crippen LogP contribution is 2.26. The van der Waals surface area contributed by atoms with Crippen LogP contribution in [0.15, 0.2) is 0 Å². The van der Waals surface area contributed by atoms with Gasteiger partial charge in [-0.2, -0.15) is 0 Å². The van der Waals surface area contributed by atoms with Crippen LogP contribution in [0.3, 0.4) is 0 Å². The average molecular weight is 207 g/mol. The molecule has 0 aromatic heterocycles. The number of rotatable bonds is 5. The topological polar surface area (TPSA) is 17.1 Å². The first kappa shape index (κ1) is 10.2. The highest BCUT2D eigenvalue weighted by atomic mass is 79.9. The van der Waals surface area contributed by atoms with Gasteiger partial charge in [0.25, 0.3) is 0 Å². The predicted octanol–water partition coefficient (Wildman–Crippen LogP) is 2.92. The molecule has 2 heteroatoms. The third-order valence-corrected chi connectivity index (χ3v) is 2.52. The molecule has 0 aromatic carbocycles. The van der Waals surface area contributed by atoms with Crippen molar-refractivity contribution in [3.05, 3.63) is 0 Å². The summed E-state index contributed by atoms with van der Waals surface area (Å²) >= 11 is 3.44. The summed E-state index contributed by atoms with van der Waals surface area (Å²) in [6.07, 6.45) is 5.04. The smallest absolute Gasteiger partial charge is 0.136 e. The lowest BCUT2D eigenvalue weighted by molar-refractivity contribution is -0.110. The third-order valence-electron chi connectivity index (χ3n) is 1.54. The van der Waals surface area contributed by atoms with Crippen molar-refractivity contribution < 1.29 is 4.79 Å². The van der Waals surface area contributed by atoms with E-state index in [1.165, 1.54) is 0 Å². The summed E-state index contributed by atoms with van der Waals surface area (Å²) in [4.78, 5) is 10.6. The maximum atomic E-state index is 10.6. The highest BCUT2D eigenvalue weighted by molar-refractivity contribution is 9.10. The molecular formula is C8H15BrO. The number of carbonyl (C=O) groups is 1. The number of hydrogen-bond acceptors (Lipinski definition) is 1. The van der Waals surface area contributed by atoms with E-state index >= 15 is 0 Å². The van der Waals surface area contributed by atoms with E-state index in [1.807, 2.05) is 0 Å². The monoisotopic (exact) mass is 206 g/mol. The molecule has 0 saturated heterocycles. The van der Waals surface area contributed by atoms with Crippen LogP contribution in [0.25, 0.3) is 0 Å². The molecule has 0 N–H and O–H groups in total. The van der Waals surface area contributed by atoms with E-state index in [9.17, 15) is 4.79 Å². The Kier molecular flexibility index (Phi) is 4.96. The number of carbonyl (C=O) groups excluding carboxylic acids is 1. The molecule has 0 bridgehead atoms. The fourth-order valence-corrected chi connectivity index (χ4v) is 1.87. The van der Waals surface area contributed by atoms with Gasteiger partial charge in [0.2, 0.25) is 0 Å². The predicted molar refractivity (Wildman–Crippen MR) is 47.5 cm³/mol. The van der Waals surface area contributed by atoms with Crippen LogP contribution in [0.2, 0.25) is 0 Å². The maximum absolute atomic E-state index is 10.6. The second-order valence-electron chi connectivity index (χ2n) is 2.65. The molecule has 0 heterocycles. The number of hydrogen-bond donors (Lipinski definition) is 0. The van der Waals surface area contributed by atoms with Crippen LogP contribution < -0.4 is 0 Å². The molecule has 0 spiro atoms. The molecule has 0 aromatic rings. The van der Waals surface area contributed by atoms with Crippen LogP contribution in [0.4, 0.5) is 0 Å². The largest absolute Gasteiger partial charge is 0.302 e. The molecule has 0 amide bonds. The lowest BCUT2D eigenvalue weighted by Gasteiger charge is -2.18. The lowest BCUT2D eigenvalue weighted by Crippen LogP contribution is -2.21. The van der Waals surface area contributed by atoms with E-state index < -0.39 is 0 Å². The van der Waals surface area contributed by atoms with Crippen LogP contribution in [0, 0.1) is 0 Å². The molecule has 0 atom stereocenters. The van der Waals surface area contributed by atoms with Gasteiger partial charge >= 0.3 is 0 Å². The molecule has 0 aliphatic heterocycles. The molecule has 0 fully saturated rings. The molecule has 0 unspecified atom stereocenters. The molecule has 60 valence electrons. The van der Waals surface area contributed by atoms with E-state index in [1.54, 1.807) is 0 Å². The maximum Gasteiger partial charge on any atom is 0.136 e. The second-order valence-corrected chi connectivity index (χ2v) is 4.23. The van der Waals surface area contributed by atoms with E-state index in [2.05, 4.69) is 29.8 Å². The minimum absolute atomic E-state index is 0.226. The zero-order valence-corrected chi connectivity index (χ0v) is 8.28. The molecule has 0 radical (unpaired) electrons. The quantitative estimate of drug-likeness (QED) is 0.500. The summed E-state index contributed by atoms with van der Waals surface area (Å²) in [6, 6.07) is 0. The summed E-state index contributed by atoms with van der Waals surface area (Å²) in [5, 5.41) is 0. The number of halogens is 1. The molecular weight excluding hydrogens is 192 g/mol. The second kappa shape index (κ2) is 4.89. The minimum atomic E-state index is -0.226. The van der Waals surface area contributed by atoms with Crippen LogP contribution >= 0.6 is 15.9 Å². The zero-order valence-electron chi connectivity index (χ0n) is 6.69. The van der Waals surface area contributed by atoms with Crippen LogP contribution in [-0.2, 0) is 4.79 Å². The SMILES string of the molecule is CCCC(Br)(C=O)CCC. The first-order valence-corrected chi connectivity index (χ1v) is 4.63. The van der Waals surface area contributed by atoms with E-state index in [4.69, 9.17) is 0 Å². The Labute approximate surface area is 71.3 Å². The van der Waals surface area contributed by atoms with Crippen LogP contribution in [0.5, 0.6) is 0 Å². The van der Waals surface area contributed by atoms with Gasteiger partial charge in [0.05, 0.1) is 4.32 Å². The summed E-state index contributed by atoms with van der Waals surface area (Å²) < 4.78 is -0.226. The van der Waals surface area contributed by atoms with Crippen LogP contribution in [0.1, 0.15) is 39.5 Å². The van der Waals surface area contributed by atoms with Crippen molar-refractivity contribution in [3.8, 4) is 0 Å². The van der Waals surface area contributed by atoms with Crippen molar-refractivity contribution in [2.75, 3.05) is 0 Å². The Morgan fingerprint density at radius 3 is 1.90 bits per heavy atom. The summed E-state index contributed by atoms with van der Waals surface area (Å²) in [7, 11) is 0. The Balaban J connectivity index is 3.81. The van der Waals surface area contributed by atoms with Crippen molar-refractivity contribution in [2.45, 2.75) is 43.9 Å². The zero-order chi connectivity index (χ0) is 8.04. The Morgan fingerprint density at radius 1 is 1.30 bits per heavy atom. The standard InChI is InChI=1S/C8H15BrO/c1-3-5-8(9,7-10)6-4-2/h7H,3-6H2,1-2H3. The fourth-order valence-electron chi connectivity index (χ4n) is 1.07. The Bertz CT molecular complexity index is 95.4. The van der Waals surface area contributed by atoms with Gasteiger partial charge in [0.15, 0.2) is 0 Å². The van der Waals surface area contributed by atoms with Gasteiger partial charge in [-0.15, -0.1) is 0 Å². The first-order valence-electron chi connectivity index (χ1n) is 3.83. The van der Waals surface area contributed by atoms with Crippen molar-refractivity contribution in [1.82, 2.24) is 0 Å². The normalized spacial score (nSPS) is 11.5. The van der Waals surface area contributed by atoms with Gasteiger partial charge in [-0.3, -0.25) is 0 Å². The fraction of sp³-hybridized carbons (Fsp3) is 0.875. The molecule has 0 rings (SSSR count). The van der Waals surface area contributed by atoms with Gasteiger partial charge in [-0.25, -0.2) is 0 Å². The van der Waals surface area contributed by atoms with Crippen molar-refractivity contribution in [2.24, 2.45) is 0 Å². The van der Waals surface area contributed by atoms with Gasteiger partial charge in [0, 0.05) is 0 Å². The van der Waals surface area contributed by atoms with E-state index in [0.29, 0.717) is 0 Å². The van der Waals surface area contributed by atoms with E-state index in [0.717, 1.165) is 32.0 Å². The van der Waals surface area contributed by atoms with Crippen molar-refractivity contribution in [1.29, 1.82) is 0 Å². The average Bonchev–Trinajstić information content (AvgIpc) is 1.89. The molecule has 0 saturated carbocycles. The summed E-state index contributed by atoms with van der Waals surface area (Å²) in [5.74, 6) is 0. The lowest BCUT2D eigenvalue weighted by atomic mass is 10.0. The molecule has 10 heavy (non-hydrogen) atoms. The van der Waals surface area contributed by atoms with Crippen LogP contribution in [-0.4, -0.2) is 10.6 Å². The van der Waals surface area contributed by atoms with Gasteiger partial charge < -0.3 is 4.79 Å². The van der Waals surface area contributed by atoms with E-state index in [-0.39, 0.29) is 4.32 Å². The van der Waals surface area contributed by atoms with Gasteiger partial charge in [-0.1, -0.05) is 42.6 Å². The van der Waals surface area contributed by atoms with Gasteiger partial charge in [0.1, 0.15) is 6.29 Å². The van der Waals surface area contributed by atoms with Crippen molar-refractivity contribution >= 4 is 22.2 Å². The first-order chi connectivity index (χ1) is 4.68. The summed E-state index contributed by atoms with van der Waals surface area (Å²) in [5.41, 5.74) is 0.